The van der Waals surface area contributed by atoms with E-state index in [1.54, 1.807) is 27.7 Å². The first-order valence-electron chi connectivity index (χ1n) is 5.65. The zero-order valence-corrected chi connectivity index (χ0v) is 12.8. The molecule has 1 heterocycles. The number of carbonyl (C=O) groups excluding carboxylic acids is 2. The number of rotatable bonds is 3. The number of nitrogens with one attached hydrogen (secondary N) is 1. The molecule has 106 valence electrons. The molecule has 1 rings (SSSR count). The Morgan fingerprint density at radius 1 is 1.47 bits per heavy atom. The van der Waals surface area contributed by atoms with Gasteiger partial charge >= 0.3 is 12.1 Å². The molecule has 0 atom stereocenters. The lowest BCUT2D eigenvalue weighted by Crippen LogP contribution is -2.33. The Hall–Kier alpha value is -1.57. The summed E-state index contributed by atoms with van der Waals surface area (Å²) in [5, 5.41) is 0. The third kappa shape index (κ3) is 4.90. The van der Waals surface area contributed by atoms with Crippen LogP contribution in [0.4, 0.5) is 4.79 Å². The Morgan fingerprint density at radius 3 is 2.63 bits per heavy atom. The lowest BCUT2D eigenvalue weighted by Gasteiger charge is -2.20. The van der Waals surface area contributed by atoms with E-state index in [-0.39, 0.29) is 12.4 Å². The highest BCUT2D eigenvalue weighted by molar-refractivity contribution is 9.10. The minimum absolute atomic E-state index is 0.0421. The molecule has 8 heteroatoms. The number of amides is 1. The molecule has 0 aliphatic heterocycles. The highest BCUT2D eigenvalue weighted by atomic mass is 79.9. The summed E-state index contributed by atoms with van der Waals surface area (Å²) in [5.41, 5.74) is 1.76. The number of carbonyl (C=O) groups is 2. The third-order valence-electron chi connectivity index (χ3n) is 1.75. The molecule has 0 bridgehead atoms. The van der Waals surface area contributed by atoms with Gasteiger partial charge in [0.25, 0.3) is 0 Å². The number of esters is 1. The molecular formula is C11H16BrN3O4. The number of aromatic nitrogens is 2. The van der Waals surface area contributed by atoms with Crippen LogP contribution < -0.4 is 5.43 Å². The van der Waals surface area contributed by atoms with Gasteiger partial charge in [-0.05, 0) is 43.6 Å². The van der Waals surface area contributed by atoms with Gasteiger partial charge in [-0.2, -0.15) is 0 Å². The SMILES string of the molecule is CCOC(=O)c1nc(Br)cn1NC(=O)OC(C)(C)C. The third-order valence-corrected chi connectivity index (χ3v) is 2.13. The van der Waals surface area contributed by atoms with Crippen molar-refractivity contribution in [1.82, 2.24) is 9.66 Å². The van der Waals surface area contributed by atoms with E-state index in [1.165, 1.54) is 6.20 Å². The lowest BCUT2D eigenvalue weighted by molar-refractivity contribution is 0.0505. The van der Waals surface area contributed by atoms with Gasteiger partial charge in [0.15, 0.2) is 0 Å². The summed E-state index contributed by atoms with van der Waals surface area (Å²) in [6.07, 6.45) is 0.735. The number of nitrogens with zero attached hydrogens (tertiary/aromatic N) is 2. The first kappa shape index (κ1) is 15.5. The lowest BCUT2D eigenvalue weighted by atomic mass is 10.2. The van der Waals surface area contributed by atoms with Crippen LogP contribution in [0.1, 0.15) is 38.3 Å². The molecule has 0 aliphatic rings. The average molecular weight is 334 g/mol. The number of hydrogen-bond donors (Lipinski definition) is 1. The highest BCUT2D eigenvalue weighted by Crippen LogP contribution is 2.11. The minimum Gasteiger partial charge on any atom is -0.460 e. The van der Waals surface area contributed by atoms with E-state index in [4.69, 9.17) is 9.47 Å². The van der Waals surface area contributed by atoms with Gasteiger partial charge in [0, 0.05) is 0 Å². The number of imidazole rings is 1. The average Bonchev–Trinajstić information content (AvgIpc) is 2.56. The van der Waals surface area contributed by atoms with Crippen LogP contribution in [0.5, 0.6) is 0 Å². The van der Waals surface area contributed by atoms with Crippen molar-refractivity contribution in [1.29, 1.82) is 0 Å². The Morgan fingerprint density at radius 2 is 2.11 bits per heavy atom. The van der Waals surface area contributed by atoms with Crippen molar-refractivity contribution in [3.8, 4) is 0 Å². The zero-order chi connectivity index (χ0) is 14.6. The van der Waals surface area contributed by atoms with Gasteiger partial charge in [-0.3, -0.25) is 0 Å². The van der Waals surface area contributed by atoms with E-state index in [2.05, 4.69) is 26.3 Å². The van der Waals surface area contributed by atoms with Crippen LogP contribution in [0.2, 0.25) is 0 Å². The molecule has 19 heavy (non-hydrogen) atoms. The van der Waals surface area contributed by atoms with Gasteiger partial charge < -0.3 is 9.47 Å². The Kier molecular flexibility index (Phi) is 4.93. The molecule has 1 aromatic rings. The maximum atomic E-state index is 11.6. The van der Waals surface area contributed by atoms with E-state index in [1.807, 2.05) is 0 Å². The molecule has 0 saturated carbocycles. The molecule has 0 saturated heterocycles. The molecule has 1 N–H and O–H groups in total. The van der Waals surface area contributed by atoms with Crippen molar-refractivity contribution in [2.24, 2.45) is 0 Å². The maximum absolute atomic E-state index is 11.6. The summed E-state index contributed by atoms with van der Waals surface area (Å²) in [6, 6.07) is 0. The second kappa shape index (κ2) is 6.05. The summed E-state index contributed by atoms with van der Waals surface area (Å²) in [7, 11) is 0. The fourth-order valence-corrected chi connectivity index (χ4v) is 1.55. The minimum atomic E-state index is -0.692. The van der Waals surface area contributed by atoms with Crippen LogP contribution in [0.25, 0.3) is 0 Å². The fourth-order valence-electron chi connectivity index (χ4n) is 1.18. The zero-order valence-electron chi connectivity index (χ0n) is 11.2. The van der Waals surface area contributed by atoms with E-state index in [0.717, 1.165) is 4.68 Å². The quantitative estimate of drug-likeness (QED) is 0.858. The monoisotopic (exact) mass is 333 g/mol. The molecule has 0 radical (unpaired) electrons. The first-order chi connectivity index (χ1) is 8.73. The van der Waals surface area contributed by atoms with Gasteiger partial charge in [0.2, 0.25) is 5.82 Å². The topological polar surface area (TPSA) is 82.5 Å². The van der Waals surface area contributed by atoms with Crippen molar-refractivity contribution in [3.63, 3.8) is 0 Å². The Balaban J connectivity index is 2.83. The largest absolute Gasteiger partial charge is 0.460 e. The van der Waals surface area contributed by atoms with Gasteiger partial charge in [-0.1, -0.05) is 0 Å². The van der Waals surface area contributed by atoms with Crippen LogP contribution in [0, 0.1) is 0 Å². The Labute approximate surface area is 119 Å². The van der Waals surface area contributed by atoms with Crippen molar-refractivity contribution in [2.45, 2.75) is 33.3 Å². The molecular weight excluding hydrogens is 318 g/mol. The van der Waals surface area contributed by atoms with Crippen molar-refractivity contribution < 1.29 is 19.1 Å². The molecule has 0 spiro atoms. The van der Waals surface area contributed by atoms with E-state index in [9.17, 15) is 9.59 Å². The second-order valence-corrected chi connectivity index (χ2v) is 5.40. The molecule has 0 aromatic carbocycles. The molecule has 0 aliphatic carbocycles. The maximum Gasteiger partial charge on any atom is 0.427 e. The summed E-state index contributed by atoms with van der Waals surface area (Å²) >= 11 is 3.12. The molecule has 1 aromatic heterocycles. The van der Waals surface area contributed by atoms with Crippen LogP contribution in [-0.2, 0) is 9.47 Å². The van der Waals surface area contributed by atoms with Crippen LogP contribution in [-0.4, -0.2) is 33.9 Å². The summed E-state index contributed by atoms with van der Waals surface area (Å²) in [4.78, 5) is 27.2. The highest BCUT2D eigenvalue weighted by Gasteiger charge is 2.21. The summed E-state index contributed by atoms with van der Waals surface area (Å²) in [5.74, 6) is -0.677. The van der Waals surface area contributed by atoms with Crippen molar-refractivity contribution in [2.75, 3.05) is 12.0 Å². The van der Waals surface area contributed by atoms with Gasteiger partial charge in [0.05, 0.1) is 12.8 Å². The number of ether oxygens (including phenoxy) is 2. The fraction of sp³-hybridized carbons (Fsp3) is 0.545. The predicted molar refractivity (Wildman–Crippen MR) is 71.5 cm³/mol. The van der Waals surface area contributed by atoms with Gasteiger partial charge in [0.1, 0.15) is 10.2 Å². The predicted octanol–water partition coefficient (Wildman–Crippen LogP) is 2.30. The standard InChI is InChI=1S/C11H16BrN3O4/c1-5-18-9(16)8-13-7(12)6-15(8)14-10(17)19-11(2,3)4/h6H,5H2,1-4H3,(H,14,17). The Bertz CT molecular complexity index is 479. The number of halogens is 1. The van der Waals surface area contributed by atoms with E-state index >= 15 is 0 Å². The van der Waals surface area contributed by atoms with Crippen LogP contribution in [0.15, 0.2) is 10.8 Å². The second-order valence-electron chi connectivity index (χ2n) is 4.59. The van der Waals surface area contributed by atoms with E-state index in [0.29, 0.717) is 4.60 Å². The summed E-state index contributed by atoms with van der Waals surface area (Å²) < 4.78 is 11.5. The smallest absolute Gasteiger partial charge is 0.427 e. The van der Waals surface area contributed by atoms with Crippen molar-refractivity contribution in [3.05, 3.63) is 16.6 Å². The van der Waals surface area contributed by atoms with E-state index < -0.39 is 17.7 Å². The van der Waals surface area contributed by atoms with Gasteiger partial charge in [-0.15, -0.1) is 0 Å². The van der Waals surface area contributed by atoms with Crippen LogP contribution in [0.3, 0.4) is 0 Å². The normalized spacial score (nSPS) is 11.0. The molecule has 0 fully saturated rings. The van der Waals surface area contributed by atoms with Crippen LogP contribution >= 0.6 is 15.9 Å². The molecule has 1 amide bonds. The van der Waals surface area contributed by atoms with Gasteiger partial charge in [-0.25, -0.2) is 24.7 Å². The molecule has 7 nitrogen and oxygen atoms in total. The molecule has 0 unspecified atom stereocenters. The van der Waals surface area contributed by atoms with Crippen molar-refractivity contribution >= 4 is 28.0 Å². The number of hydrogen-bond acceptors (Lipinski definition) is 5. The summed E-state index contributed by atoms with van der Waals surface area (Å²) in [6.45, 7) is 7.12. The first-order valence-corrected chi connectivity index (χ1v) is 6.44.